The van der Waals surface area contributed by atoms with Gasteiger partial charge in [0.15, 0.2) is 0 Å². The standard InChI is InChI=1S/C18H19N3O2S/c1-18(2,20-17(22)23)16-19-11-14-15(9-6-10-21(14)16)24-12-13-7-4-3-5-8-13/h3-11,20H,12H2,1-2H3,(H,22,23). The van der Waals surface area contributed by atoms with Crippen molar-refractivity contribution in [2.45, 2.75) is 30.0 Å². The fraction of sp³-hybridized carbons (Fsp3) is 0.222. The minimum atomic E-state index is -1.06. The first-order chi connectivity index (χ1) is 11.5. The Morgan fingerprint density at radius 2 is 2.00 bits per heavy atom. The van der Waals surface area contributed by atoms with Gasteiger partial charge in [-0.1, -0.05) is 30.3 Å². The number of imidazole rings is 1. The van der Waals surface area contributed by atoms with E-state index in [2.05, 4.69) is 28.5 Å². The molecule has 0 aliphatic heterocycles. The van der Waals surface area contributed by atoms with Gasteiger partial charge in [0.1, 0.15) is 5.82 Å². The first-order valence-corrected chi connectivity index (χ1v) is 8.60. The number of benzene rings is 1. The van der Waals surface area contributed by atoms with Crippen LogP contribution in [0.1, 0.15) is 25.2 Å². The number of aromatic nitrogens is 2. The number of nitrogens with zero attached hydrogens (tertiary/aromatic N) is 2. The van der Waals surface area contributed by atoms with Gasteiger partial charge >= 0.3 is 6.09 Å². The predicted molar refractivity (Wildman–Crippen MR) is 95.4 cm³/mol. The van der Waals surface area contributed by atoms with Crippen LogP contribution in [0.25, 0.3) is 5.52 Å². The van der Waals surface area contributed by atoms with E-state index < -0.39 is 11.6 Å². The summed E-state index contributed by atoms with van der Waals surface area (Å²) >= 11 is 1.74. The Morgan fingerprint density at radius 1 is 1.25 bits per heavy atom. The van der Waals surface area contributed by atoms with Crippen molar-refractivity contribution in [1.82, 2.24) is 14.7 Å². The van der Waals surface area contributed by atoms with Gasteiger partial charge in [-0.15, -0.1) is 11.8 Å². The lowest BCUT2D eigenvalue weighted by molar-refractivity contribution is 0.181. The molecule has 0 aliphatic rings. The van der Waals surface area contributed by atoms with E-state index in [0.717, 1.165) is 16.2 Å². The van der Waals surface area contributed by atoms with Crippen molar-refractivity contribution in [3.8, 4) is 0 Å². The molecule has 0 saturated heterocycles. The van der Waals surface area contributed by atoms with E-state index in [9.17, 15) is 4.79 Å². The Labute approximate surface area is 144 Å². The van der Waals surface area contributed by atoms with Crippen molar-refractivity contribution in [1.29, 1.82) is 0 Å². The number of thioether (sulfide) groups is 1. The maximum absolute atomic E-state index is 11.0. The van der Waals surface area contributed by atoms with Gasteiger partial charge in [0.2, 0.25) is 0 Å². The van der Waals surface area contributed by atoms with Gasteiger partial charge in [-0.3, -0.25) is 0 Å². The Hall–Kier alpha value is -2.47. The maximum atomic E-state index is 11.0. The third kappa shape index (κ3) is 3.38. The number of carboxylic acid groups (broad SMARTS) is 1. The van der Waals surface area contributed by atoms with Crippen molar-refractivity contribution in [2.75, 3.05) is 0 Å². The van der Waals surface area contributed by atoms with Crippen molar-refractivity contribution < 1.29 is 9.90 Å². The normalized spacial score (nSPS) is 11.6. The number of pyridine rings is 1. The molecule has 2 aromatic heterocycles. The Kier molecular flexibility index (Phi) is 4.49. The van der Waals surface area contributed by atoms with Gasteiger partial charge in [0.25, 0.3) is 0 Å². The molecule has 0 unspecified atom stereocenters. The molecule has 0 atom stereocenters. The Bertz CT molecular complexity index is 859. The van der Waals surface area contributed by atoms with E-state index in [-0.39, 0.29) is 0 Å². The summed E-state index contributed by atoms with van der Waals surface area (Å²) in [5.41, 5.74) is 1.46. The molecule has 3 aromatic rings. The summed E-state index contributed by atoms with van der Waals surface area (Å²) < 4.78 is 1.95. The zero-order chi connectivity index (χ0) is 17.2. The van der Waals surface area contributed by atoms with Crippen LogP contribution in [0, 0.1) is 0 Å². The van der Waals surface area contributed by atoms with Crippen LogP contribution in [0.3, 0.4) is 0 Å². The van der Waals surface area contributed by atoms with E-state index in [1.165, 1.54) is 5.56 Å². The first kappa shape index (κ1) is 16.4. The second-order valence-electron chi connectivity index (χ2n) is 6.04. The number of hydrogen-bond donors (Lipinski definition) is 2. The summed E-state index contributed by atoms with van der Waals surface area (Å²) in [4.78, 5) is 16.6. The van der Waals surface area contributed by atoms with Crippen molar-refractivity contribution in [3.63, 3.8) is 0 Å². The first-order valence-electron chi connectivity index (χ1n) is 7.62. The minimum absolute atomic E-state index is 0.669. The zero-order valence-corrected chi connectivity index (χ0v) is 14.4. The van der Waals surface area contributed by atoms with Gasteiger partial charge in [-0.2, -0.15) is 0 Å². The predicted octanol–water partition coefficient (Wildman–Crippen LogP) is 4.13. The molecule has 124 valence electrons. The third-order valence-electron chi connectivity index (χ3n) is 3.75. The van der Waals surface area contributed by atoms with Gasteiger partial charge in [0, 0.05) is 16.8 Å². The molecule has 0 bridgehead atoms. The summed E-state index contributed by atoms with van der Waals surface area (Å²) in [5.74, 6) is 1.54. The molecule has 5 nitrogen and oxygen atoms in total. The number of carbonyl (C=O) groups is 1. The number of rotatable bonds is 5. The van der Waals surface area contributed by atoms with E-state index in [4.69, 9.17) is 5.11 Å². The van der Waals surface area contributed by atoms with Crippen molar-refractivity contribution in [2.24, 2.45) is 0 Å². The van der Waals surface area contributed by atoms with E-state index in [0.29, 0.717) is 5.82 Å². The topological polar surface area (TPSA) is 66.6 Å². The summed E-state index contributed by atoms with van der Waals surface area (Å²) in [7, 11) is 0. The minimum Gasteiger partial charge on any atom is -0.465 e. The molecule has 2 N–H and O–H groups in total. The molecular weight excluding hydrogens is 322 g/mol. The molecule has 0 radical (unpaired) electrons. The molecule has 6 heteroatoms. The number of fused-ring (bicyclic) bond motifs is 1. The smallest absolute Gasteiger partial charge is 0.405 e. The van der Waals surface area contributed by atoms with Crippen LogP contribution in [0.5, 0.6) is 0 Å². The molecule has 24 heavy (non-hydrogen) atoms. The lowest BCUT2D eigenvalue weighted by Gasteiger charge is -2.23. The molecule has 0 aliphatic carbocycles. The summed E-state index contributed by atoms with van der Waals surface area (Å²) in [5, 5.41) is 11.6. The highest BCUT2D eigenvalue weighted by Gasteiger charge is 2.27. The highest BCUT2D eigenvalue weighted by atomic mass is 32.2. The van der Waals surface area contributed by atoms with Crippen LogP contribution in [0.4, 0.5) is 4.79 Å². The molecule has 0 fully saturated rings. The number of nitrogens with one attached hydrogen (secondary N) is 1. The number of hydrogen-bond acceptors (Lipinski definition) is 3. The van der Waals surface area contributed by atoms with Gasteiger partial charge in [0.05, 0.1) is 17.3 Å². The summed E-state index contributed by atoms with van der Waals surface area (Å²) in [6.45, 7) is 3.61. The fourth-order valence-electron chi connectivity index (χ4n) is 2.64. The maximum Gasteiger partial charge on any atom is 0.405 e. The van der Waals surface area contributed by atoms with E-state index in [1.807, 2.05) is 34.9 Å². The lowest BCUT2D eigenvalue weighted by Crippen LogP contribution is -2.41. The highest BCUT2D eigenvalue weighted by Crippen LogP contribution is 2.29. The monoisotopic (exact) mass is 341 g/mol. The van der Waals surface area contributed by atoms with Gasteiger partial charge < -0.3 is 14.8 Å². The van der Waals surface area contributed by atoms with Crippen LogP contribution in [-0.2, 0) is 11.3 Å². The quantitative estimate of drug-likeness (QED) is 0.685. The lowest BCUT2D eigenvalue weighted by atomic mass is 10.1. The van der Waals surface area contributed by atoms with Crippen LogP contribution >= 0.6 is 11.8 Å². The average Bonchev–Trinajstić information content (AvgIpc) is 2.98. The van der Waals surface area contributed by atoms with Crippen LogP contribution in [0.2, 0.25) is 0 Å². The molecule has 1 aromatic carbocycles. The van der Waals surface area contributed by atoms with E-state index >= 15 is 0 Å². The summed E-state index contributed by atoms with van der Waals surface area (Å²) in [6, 6.07) is 14.3. The molecule has 3 rings (SSSR count). The Balaban J connectivity index is 1.90. The average molecular weight is 341 g/mol. The number of amides is 1. The van der Waals surface area contributed by atoms with Gasteiger partial charge in [-0.25, -0.2) is 9.78 Å². The summed E-state index contributed by atoms with van der Waals surface area (Å²) in [6.07, 6.45) is 2.65. The van der Waals surface area contributed by atoms with Gasteiger partial charge in [-0.05, 0) is 31.5 Å². The second kappa shape index (κ2) is 6.57. The third-order valence-corrected chi connectivity index (χ3v) is 4.88. The van der Waals surface area contributed by atoms with Crippen LogP contribution in [0.15, 0.2) is 59.8 Å². The molecule has 1 amide bonds. The second-order valence-corrected chi connectivity index (χ2v) is 7.06. The Morgan fingerprint density at radius 3 is 2.71 bits per heavy atom. The highest BCUT2D eigenvalue weighted by molar-refractivity contribution is 7.98. The molecule has 0 saturated carbocycles. The molecule has 0 spiro atoms. The largest absolute Gasteiger partial charge is 0.465 e. The van der Waals surface area contributed by atoms with Crippen LogP contribution in [-0.4, -0.2) is 20.6 Å². The zero-order valence-electron chi connectivity index (χ0n) is 13.6. The van der Waals surface area contributed by atoms with Crippen molar-refractivity contribution in [3.05, 3.63) is 66.2 Å². The SMILES string of the molecule is CC(C)(NC(=O)O)c1ncc2c(SCc3ccccc3)cccn12. The fourth-order valence-corrected chi connectivity index (χ4v) is 3.63. The van der Waals surface area contributed by atoms with E-state index in [1.54, 1.807) is 31.8 Å². The molecular formula is C18H19N3O2S. The van der Waals surface area contributed by atoms with Crippen molar-refractivity contribution >= 4 is 23.4 Å². The van der Waals surface area contributed by atoms with Crippen LogP contribution < -0.4 is 5.32 Å². The molecule has 2 heterocycles.